The predicted octanol–water partition coefficient (Wildman–Crippen LogP) is 2.85. The molecule has 19 heavy (non-hydrogen) atoms. The number of carbonyl (C=O) groups is 1. The van der Waals surface area contributed by atoms with Gasteiger partial charge in [-0.15, -0.1) is 0 Å². The van der Waals surface area contributed by atoms with E-state index in [1.54, 1.807) is 0 Å². The normalized spacial score (nSPS) is 30.3. The molecule has 0 bridgehead atoms. The number of nitrogens with one attached hydrogen (secondary N) is 2. The lowest BCUT2D eigenvalue weighted by atomic mass is 9.63. The van der Waals surface area contributed by atoms with Crippen molar-refractivity contribution in [2.24, 2.45) is 10.8 Å². The summed E-state index contributed by atoms with van der Waals surface area (Å²) < 4.78 is 0. The zero-order valence-electron chi connectivity index (χ0n) is 13.0. The summed E-state index contributed by atoms with van der Waals surface area (Å²) in [6.45, 7) is 10.6. The maximum Gasteiger partial charge on any atom is 0.220 e. The Labute approximate surface area is 117 Å². The lowest BCUT2D eigenvalue weighted by molar-refractivity contribution is -0.119. The molecule has 1 saturated carbocycles. The second kappa shape index (κ2) is 5.43. The van der Waals surface area contributed by atoms with E-state index in [9.17, 15) is 4.79 Å². The van der Waals surface area contributed by atoms with E-state index in [1.165, 1.54) is 19.3 Å². The van der Waals surface area contributed by atoms with Crippen LogP contribution in [0.1, 0.15) is 66.2 Å². The molecule has 1 saturated heterocycles. The van der Waals surface area contributed by atoms with Gasteiger partial charge < -0.3 is 10.6 Å². The maximum atomic E-state index is 11.2. The van der Waals surface area contributed by atoms with Crippen LogP contribution >= 0.6 is 0 Å². The van der Waals surface area contributed by atoms with Gasteiger partial charge >= 0.3 is 0 Å². The Morgan fingerprint density at radius 1 is 1.21 bits per heavy atom. The van der Waals surface area contributed by atoms with Crippen molar-refractivity contribution in [3.63, 3.8) is 0 Å². The average Bonchev–Trinajstić information content (AvgIpc) is 2.59. The zero-order chi connectivity index (χ0) is 14.1. The van der Waals surface area contributed by atoms with Crippen molar-refractivity contribution in [1.29, 1.82) is 0 Å². The fourth-order valence-corrected chi connectivity index (χ4v) is 4.35. The molecule has 2 N–H and O–H groups in total. The van der Waals surface area contributed by atoms with Crippen LogP contribution in [-0.2, 0) is 4.79 Å². The lowest BCUT2D eigenvalue weighted by Crippen LogP contribution is -2.44. The average molecular weight is 266 g/mol. The van der Waals surface area contributed by atoms with E-state index in [1.807, 2.05) is 0 Å². The molecule has 0 aromatic rings. The number of carbonyl (C=O) groups excluding carboxylic acids is 1. The third kappa shape index (κ3) is 4.48. The third-order valence-electron chi connectivity index (χ3n) is 4.57. The molecule has 1 aliphatic heterocycles. The summed E-state index contributed by atoms with van der Waals surface area (Å²) in [4.78, 5) is 11.2. The molecule has 1 atom stereocenters. The molecule has 1 heterocycles. The Balaban J connectivity index is 1.74. The van der Waals surface area contributed by atoms with Crippen molar-refractivity contribution in [2.75, 3.05) is 6.54 Å². The first-order chi connectivity index (χ1) is 8.76. The molecule has 2 fully saturated rings. The van der Waals surface area contributed by atoms with Crippen LogP contribution in [0.5, 0.6) is 0 Å². The molecule has 1 amide bonds. The Kier molecular flexibility index (Phi) is 4.24. The number of hydrogen-bond donors (Lipinski definition) is 2. The van der Waals surface area contributed by atoms with Crippen LogP contribution in [0.3, 0.4) is 0 Å². The summed E-state index contributed by atoms with van der Waals surface area (Å²) in [5.74, 6) is 0.227. The van der Waals surface area contributed by atoms with Gasteiger partial charge in [-0.3, -0.25) is 4.79 Å². The van der Waals surface area contributed by atoms with Gasteiger partial charge in [0.2, 0.25) is 5.91 Å². The highest BCUT2D eigenvalue weighted by Crippen LogP contribution is 2.45. The molecule has 2 rings (SSSR count). The van der Waals surface area contributed by atoms with Gasteiger partial charge in [0.15, 0.2) is 0 Å². The Morgan fingerprint density at radius 3 is 2.37 bits per heavy atom. The van der Waals surface area contributed by atoms with Crippen LogP contribution in [0.15, 0.2) is 0 Å². The van der Waals surface area contributed by atoms with Crippen molar-refractivity contribution in [2.45, 2.75) is 78.3 Å². The Bertz CT molecular complexity index is 320. The highest BCUT2D eigenvalue weighted by Gasteiger charge is 2.38. The maximum absolute atomic E-state index is 11.2. The smallest absolute Gasteiger partial charge is 0.220 e. The van der Waals surface area contributed by atoms with Crippen LogP contribution in [-0.4, -0.2) is 24.5 Å². The largest absolute Gasteiger partial charge is 0.353 e. The Morgan fingerprint density at radius 2 is 1.84 bits per heavy atom. The molecule has 1 unspecified atom stereocenters. The van der Waals surface area contributed by atoms with E-state index in [4.69, 9.17) is 0 Å². The van der Waals surface area contributed by atoms with Crippen molar-refractivity contribution in [1.82, 2.24) is 10.6 Å². The molecule has 0 aromatic carbocycles. The zero-order valence-corrected chi connectivity index (χ0v) is 13.0. The monoisotopic (exact) mass is 266 g/mol. The summed E-state index contributed by atoms with van der Waals surface area (Å²) in [5.41, 5.74) is 0.891. The molecular formula is C16H30N2O. The number of rotatable bonds is 4. The van der Waals surface area contributed by atoms with Gasteiger partial charge in [-0.1, -0.05) is 27.7 Å². The minimum Gasteiger partial charge on any atom is -0.353 e. The first-order valence-electron chi connectivity index (χ1n) is 7.79. The van der Waals surface area contributed by atoms with Gasteiger partial charge in [0.25, 0.3) is 0 Å². The summed E-state index contributed by atoms with van der Waals surface area (Å²) >= 11 is 0. The van der Waals surface area contributed by atoms with Gasteiger partial charge in [0, 0.05) is 18.5 Å². The highest BCUT2D eigenvalue weighted by atomic mass is 16.1. The van der Waals surface area contributed by atoms with Crippen LogP contribution < -0.4 is 10.6 Å². The fourth-order valence-electron chi connectivity index (χ4n) is 4.35. The second-order valence-electron chi connectivity index (χ2n) is 8.16. The van der Waals surface area contributed by atoms with Crippen LogP contribution in [0.2, 0.25) is 0 Å². The molecule has 0 spiro atoms. The van der Waals surface area contributed by atoms with E-state index >= 15 is 0 Å². The Hall–Kier alpha value is -0.570. The molecule has 2 aliphatic rings. The van der Waals surface area contributed by atoms with Gasteiger partial charge in [0.1, 0.15) is 0 Å². The first kappa shape index (κ1) is 14.8. The molecular weight excluding hydrogens is 236 g/mol. The van der Waals surface area contributed by atoms with Gasteiger partial charge in [-0.25, -0.2) is 0 Å². The van der Waals surface area contributed by atoms with Crippen molar-refractivity contribution in [3.05, 3.63) is 0 Å². The molecule has 3 heteroatoms. The molecule has 1 aliphatic carbocycles. The lowest BCUT2D eigenvalue weighted by Gasteiger charge is -2.45. The molecule has 0 radical (unpaired) electrons. The summed E-state index contributed by atoms with van der Waals surface area (Å²) in [6, 6.07) is 1.04. The van der Waals surface area contributed by atoms with Gasteiger partial charge in [-0.2, -0.15) is 0 Å². The van der Waals surface area contributed by atoms with Crippen LogP contribution in [0.25, 0.3) is 0 Å². The van der Waals surface area contributed by atoms with Crippen molar-refractivity contribution < 1.29 is 4.79 Å². The summed E-state index contributed by atoms with van der Waals surface area (Å²) in [5, 5.41) is 6.77. The quantitative estimate of drug-likeness (QED) is 0.821. The predicted molar refractivity (Wildman–Crippen MR) is 79.0 cm³/mol. The highest BCUT2D eigenvalue weighted by molar-refractivity contribution is 5.78. The fraction of sp³-hybridized carbons (Fsp3) is 0.938. The van der Waals surface area contributed by atoms with E-state index in [0.29, 0.717) is 29.3 Å². The van der Waals surface area contributed by atoms with Gasteiger partial charge in [0.05, 0.1) is 0 Å². The number of amides is 1. The van der Waals surface area contributed by atoms with E-state index in [2.05, 4.69) is 38.3 Å². The summed E-state index contributed by atoms with van der Waals surface area (Å²) in [7, 11) is 0. The van der Waals surface area contributed by atoms with Gasteiger partial charge in [-0.05, 0) is 49.5 Å². The molecule has 110 valence electrons. The second-order valence-corrected chi connectivity index (χ2v) is 8.16. The van der Waals surface area contributed by atoms with Crippen LogP contribution in [0, 0.1) is 10.8 Å². The van der Waals surface area contributed by atoms with Crippen molar-refractivity contribution in [3.8, 4) is 0 Å². The summed E-state index contributed by atoms with van der Waals surface area (Å²) in [6.07, 6.45) is 6.66. The standard InChI is InChI=1S/C16H30N2O/c1-15(2)9-13(10-16(3,4)11-15)17-8-7-12-5-6-14(19)18-12/h12-13,17H,5-11H2,1-4H3,(H,18,19). The van der Waals surface area contributed by atoms with E-state index in [-0.39, 0.29) is 5.91 Å². The molecule has 3 nitrogen and oxygen atoms in total. The minimum atomic E-state index is 0.227. The molecule has 0 aromatic heterocycles. The minimum absolute atomic E-state index is 0.227. The van der Waals surface area contributed by atoms with E-state index in [0.717, 1.165) is 19.4 Å². The SMILES string of the molecule is CC1(C)CC(NCCC2CCC(=O)N2)CC(C)(C)C1. The van der Waals surface area contributed by atoms with Crippen molar-refractivity contribution >= 4 is 5.91 Å². The van der Waals surface area contributed by atoms with Crippen LogP contribution in [0.4, 0.5) is 0 Å². The first-order valence-corrected chi connectivity index (χ1v) is 7.79. The van der Waals surface area contributed by atoms with E-state index < -0.39 is 0 Å². The number of hydrogen-bond acceptors (Lipinski definition) is 2. The topological polar surface area (TPSA) is 41.1 Å². The third-order valence-corrected chi connectivity index (χ3v) is 4.57.